The lowest BCUT2D eigenvalue weighted by Crippen LogP contribution is -1.96. The first-order chi connectivity index (χ1) is 11.4. The molecule has 2 rings (SSSR count). The number of carbonyl (C=O) groups is 1. The highest BCUT2D eigenvalue weighted by Crippen LogP contribution is 2.36. The Morgan fingerprint density at radius 1 is 0.958 bits per heavy atom. The number of benzene rings is 2. The van der Waals surface area contributed by atoms with Gasteiger partial charge in [0.05, 0.1) is 34.3 Å². The van der Waals surface area contributed by atoms with E-state index in [1.54, 1.807) is 18.2 Å². The fourth-order valence-electron chi connectivity index (χ4n) is 2.01. The zero-order chi connectivity index (χ0) is 17.9. The summed E-state index contributed by atoms with van der Waals surface area (Å²) in [6.45, 7) is 0. The van der Waals surface area contributed by atoms with Gasteiger partial charge in [-0.05, 0) is 35.9 Å². The van der Waals surface area contributed by atoms with Crippen molar-refractivity contribution in [3.8, 4) is 11.5 Å². The topological polar surface area (TPSA) is 35.5 Å². The number of ether oxygens (including phenoxy) is 2. The lowest BCUT2D eigenvalue weighted by molar-refractivity contribution is 0.104. The normalized spacial score (nSPS) is 10.9. The van der Waals surface area contributed by atoms with Crippen LogP contribution in [-0.2, 0) is 0 Å². The Balaban J connectivity index is 2.33. The standard InChI is InChI=1S/C17H12Cl4O3/c1-23-14-8-9(7-12(19)17(14)24-2)3-6-13(22)10-4-5-11(18)16(21)15(10)20/h3-8H,1-2H3. The average molecular weight is 406 g/mol. The first-order valence-corrected chi connectivity index (χ1v) is 8.17. The molecule has 0 aliphatic carbocycles. The Morgan fingerprint density at radius 3 is 2.29 bits per heavy atom. The van der Waals surface area contributed by atoms with Crippen LogP contribution in [0.1, 0.15) is 15.9 Å². The van der Waals surface area contributed by atoms with Gasteiger partial charge in [-0.2, -0.15) is 0 Å². The second-order valence-electron chi connectivity index (χ2n) is 4.66. The minimum atomic E-state index is -0.315. The van der Waals surface area contributed by atoms with Gasteiger partial charge in [-0.25, -0.2) is 0 Å². The van der Waals surface area contributed by atoms with Gasteiger partial charge in [0.1, 0.15) is 0 Å². The lowest BCUT2D eigenvalue weighted by atomic mass is 10.1. The maximum atomic E-state index is 12.3. The molecule has 24 heavy (non-hydrogen) atoms. The number of rotatable bonds is 5. The summed E-state index contributed by atoms with van der Waals surface area (Å²) in [7, 11) is 3.00. The van der Waals surface area contributed by atoms with Gasteiger partial charge in [0.15, 0.2) is 17.3 Å². The van der Waals surface area contributed by atoms with E-state index in [0.717, 1.165) is 0 Å². The minimum absolute atomic E-state index is 0.115. The number of carbonyl (C=O) groups excluding carboxylic acids is 1. The molecule has 0 aromatic heterocycles. The molecule has 2 aromatic carbocycles. The van der Waals surface area contributed by atoms with Crippen LogP contribution in [0.4, 0.5) is 0 Å². The Labute approximate surface area is 159 Å². The predicted octanol–water partition coefficient (Wildman–Crippen LogP) is 6.21. The summed E-state index contributed by atoms with van der Waals surface area (Å²) in [6.07, 6.45) is 2.96. The molecule has 0 unspecified atom stereocenters. The Kier molecular flexibility index (Phi) is 6.41. The molecule has 2 aromatic rings. The number of hydrogen-bond donors (Lipinski definition) is 0. The van der Waals surface area contributed by atoms with Gasteiger partial charge >= 0.3 is 0 Å². The van der Waals surface area contributed by atoms with E-state index in [-0.39, 0.29) is 26.4 Å². The van der Waals surface area contributed by atoms with E-state index < -0.39 is 0 Å². The van der Waals surface area contributed by atoms with Crippen molar-refractivity contribution in [2.45, 2.75) is 0 Å². The zero-order valence-electron chi connectivity index (χ0n) is 12.7. The van der Waals surface area contributed by atoms with E-state index in [1.807, 2.05) is 0 Å². The Bertz CT molecular complexity index is 816. The van der Waals surface area contributed by atoms with Gasteiger partial charge in [-0.15, -0.1) is 0 Å². The van der Waals surface area contributed by atoms with Gasteiger partial charge in [0, 0.05) is 5.56 Å². The number of halogens is 4. The molecule has 0 N–H and O–H groups in total. The van der Waals surface area contributed by atoms with E-state index in [0.29, 0.717) is 22.1 Å². The van der Waals surface area contributed by atoms with E-state index in [4.69, 9.17) is 55.9 Å². The Morgan fingerprint density at radius 2 is 1.67 bits per heavy atom. The molecule has 0 aliphatic heterocycles. The highest BCUT2D eigenvalue weighted by atomic mass is 35.5. The monoisotopic (exact) mass is 404 g/mol. The van der Waals surface area contributed by atoms with Crippen molar-refractivity contribution < 1.29 is 14.3 Å². The molecule has 0 radical (unpaired) electrons. The molecule has 126 valence electrons. The van der Waals surface area contributed by atoms with Crippen molar-refractivity contribution in [2.24, 2.45) is 0 Å². The fraction of sp³-hybridized carbons (Fsp3) is 0.118. The van der Waals surface area contributed by atoms with Crippen LogP contribution < -0.4 is 9.47 Å². The number of hydrogen-bond acceptors (Lipinski definition) is 3. The van der Waals surface area contributed by atoms with Crippen molar-refractivity contribution >= 4 is 58.3 Å². The average Bonchev–Trinajstić information content (AvgIpc) is 2.57. The van der Waals surface area contributed by atoms with Gasteiger partial charge in [0.2, 0.25) is 0 Å². The molecule has 0 heterocycles. The fourth-order valence-corrected chi connectivity index (χ4v) is 2.94. The van der Waals surface area contributed by atoms with Gasteiger partial charge < -0.3 is 9.47 Å². The van der Waals surface area contributed by atoms with E-state index >= 15 is 0 Å². The highest BCUT2D eigenvalue weighted by Gasteiger charge is 2.14. The molecular weight excluding hydrogens is 394 g/mol. The van der Waals surface area contributed by atoms with E-state index in [1.165, 1.54) is 32.4 Å². The lowest BCUT2D eigenvalue weighted by Gasteiger charge is -2.10. The quantitative estimate of drug-likeness (QED) is 0.336. The zero-order valence-corrected chi connectivity index (χ0v) is 15.7. The molecule has 0 bridgehead atoms. The second kappa shape index (κ2) is 8.13. The van der Waals surface area contributed by atoms with Crippen LogP contribution in [0.5, 0.6) is 11.5 Å². The molecule has 0 amide bonds. The van der Waals surface area contributed by atoms with E-state index in [9.17, 15) is 4.79 Å². The molecule has 0 saturated heterocycles. The smallest absolute Gasteiger partial charge is 0.187 e. The van der Waals surface area contributed by atoms with Gasteiger partial charge in [0.25, 0.3) is 0 Å². The summed E-state index contributed by atoms with van der Waals surface area (Å²) in [5, 5.41) is 0.918. The van der Waals surface area contributed by atoms with Gasteiger partial charge in [-0.1, -0.05) is 52.5 Å². The van der Waals surface area contributed by atoms with Crippen LogP contribution in [-0.4, -0.2) is 20.0 Å². The molecule has 7 heteroatoms. The van der Waals surface area contributed by atoms with Crippen LogP contribution in [0.3, 0.4) is 0 Å². The predicted molar refractivity (Wildman–Crippen MR) is 99.4 cm³/mol. The molecule has 0 atom stereocenters. The summed E-state index contributed by atoms with van der Waals surface area (Å²) >= 11 is 24.0. The van der Waals surface area contributed by atoms with Crippen LogP contribution in [0.15, 0.2) is 30.3 Å². The number of allylic oxidation sites excluding steroid dienone is 1. The molecule has 0 spiro atoms. The second-order valence-corrected chi connectivity index (χ2v) is 6.23. The number of ketones is 1. The third-order valence-electron chi connectivity index (χ3n) is 3.18. The van der Waals surface area contributed by atoms with Crippen LogP contribution >= 0.6 is 46.4 Å². The van der Waals surface area contributed by atoms with Crippen molar-refractivity contribution in [3.63, 3.8) is 0 Å². The summed E-state index contributed by atoms with van der Waals surface area (Å²) in [5.41, 5.74) is 0.927. The minimum Gasteiger partial charge on any atom is -0.493 e. The SMILES string of the molecule is COc1cc(C=CC(=O)c2ccc(Cl)c(Cl)c2Cl)cc(Cl)c1OC. The highest BCUT2D eigenvalue weighted by molar-refractivity contribution is 6.49. The van der Waals surface area contributed by atoms with Gasteiger partial charge in [-0.3, -0.25) is 4.79 Å². The summed E-state index contributed by atoms with van der Waals surface area (Å²) in [5.74, 6) is 0.573. The Hall–Kier alpha value is -1.39. The van der Waals surface area contributed by atoms with Crippen LogP contribution in [0, 0.1) is 0 Å². The third-order valence-corrected chi connectivity index (χ3v) is 4.76. The van der Waals surface area contributed by atoms with Crippen molar-refractivity contribution in [1.29, 1.82) is 0 Å². The summed E-state index contributed by atoms with van der Waals surface area (Å²) in [4.78, 5) is 12.3. The first-order valence-electron chi connectivity index (χ1n) is 6.66. The van der Waals surface area contributed by atoms with Crippen molar-refractivity contribution in [3.05, 3.63) is 61.6 Å². The van der Waals surface area contributed by atoms with Crippen LogP contribution in [0.25, 0.3) is 6.08 Å². The molecule has 3 nitrogen and oxygen atoms in total. The summed E-state index contributed by atoms with van der Waals surface area (Å²) in [6, 6.07) is 6.39. The van der Waals surface area contributed by atoms with Crippen molar-refractivity contribution in [1.82, 2.24) is 0 Å². The van der Waals surface area contributed by atoms with Crippen LogP contribution in [0.2, 0.25) is 20.1 Å². The molecule has 0 fully saturated rings. The third kappa shape index (κ3) is 3.98. The number of methoxy groups -OCH3 is 2. The first kappa shape index (κ1) is 18.9. The summed E-state index contributed by atoms with van der Waals surface area (Å²) < 4.78 is 10.4. The molecule has 0 aliphatic rings. The van der Waals surface area contributed by atoms with E-state index in [2.05, 4.69) is 0 Å². The maximum Gasteiger partial charge on any atom is 0.187 e. The van der Waals surface area contributed by atoms with Crippen molar-refractivity contribution in [2.75, 3.05) is 14.2 Å². The molecule has 0 saturated carbocycles. The largest absolute Gasteiger partial charge is 0.493 e. The maximum absolute atomic E-state index is 12.3. The molecular formula is C17H12Cl4O3.